The van der Waals surface area contributed by atoms with Crippen LogP contribution in [0.5, 0.6) is 5.75 Å². The zero-order valence-corrected chi connectivity index (χ0v) is 18.8. The number of hydrogen-bond acceptors (Lipinski definition) is 4. The predicted octanol–water partition coefficient (Wildman–Crippen LogP) is 5.43. The Morgan fingerprint density at radius 2 is 1.87 bits per heavy atom. The van der Waals surface area contributed by atoms with Crippen LogP contribution in [-0.4, -0.2) is 24.1 Å². The molecule has 2 amide bonds. The van der Waals surface area contributed by atoms with Gasteiger partial charge in [-0.2, -0.15) is 5.10 Å². The van der Waals surface area contributed by atoms with Crippen molar-refractivity contribution in [2.45, 2.75) is 39.0 Å². The first kappa shape index (κ1) is 23.1. The number of nitrogens with zero attached hydrogens (tertiary/aromatic N) is 1. The molecule has 2 N–H and O–H groups in total. The molecule has 1 saturated carbocycles. The molecule has 2 aromatic carbocycles. The van der Waals surface area contributed by atoms with E-state index in [-0.39, 0.29) is 18.4 Å². The van der Waals surface area contributed by atoms with Crippen LogP contribution >= 0.6 is 23.2 Å². The molecule has 1 aliphatic carbocycles. The average Bonchev–Trinajstić information content (AvgIpc) is 2.77. The van der Waals surface area contributed by atoms with Crippen LogP contribution in [0.15, 0.2) is 47.6 Å². The Bertz CT molecular complexity index is 972. The molecule has 0 saturated heterocycles. The number of halogens is 2. The first-order valence-electron chi connectivity index (χ1n) is 10.2. The minimum absolute atomic E-state index is 0.0674. The smallest absolute Gasteiger partial charge is 0.277 e. The van der Waals surface area contributed by atoms with Gasteiger partial charge in [0.05, 0.1) is 10.7 Å². The molecule has 164 valence electrons. The van der Waals surface area contributed by atoms with E-state index in [0.717, 1.165) is 36.9 Å². The second-order valence-corrected chi connectivity index (χ2v) is 8.34. The number of anilines is 1. The summed E-state index contributed by atoms with van der Waals surface area (Å²) in [6.07, 6.45) is 5.32. The number of carbonyl (C=O) groups is 2. The van der Waals surface area contributed by atoms with Crippen LogP contribution in [-0.2, 0) is 9.59 Å². The molecule has 1 fully saturated rings. The van der Waals surface area contributed by atoms with E-state index in [0.29, 0.717) is 21.5 Å². The zero-order chi connectivity index (χ0) is 22.2. The highest BCUT2D eigenvalue weighted by molar-refractivity contribution is 6.35. The number of benzene rings is 2. The maximum atomic E-state index is 12.5. The maximum absolute atomic E-state index is 12.5. The molecule has 31 heavy (non-hydrogen) atoms. The van der Waals surface area contributed by atoms with Crippen molar-refractivity contribution in [2.24, 2.45) is 11.0 Å². The number of rotatable bonds is 7. The van der Waals surface area contributed by atoms with E-state index in [4.69, 9.17) is 27.9 Å². The molecule has 0 atom stereocenters. The van der Waals surface area contributed by atoms with Crippen LogP contribution < -0.4 is 15.5 Å². The summed E-state index contributed by atoms with van der Waals surface area (Å²) in [5, 5.41) is 7.93. The summed E-state index contributed by atoms with van der Waals surface area (Å²) in [5.41, 5.74) is 4.58. The fraction of sp³-hybridized carbons (Fsp3) is 0.348. The highest BCUT2D eigenvalue weighted by Gasteiger charge is 2.21. The molecule has 0 bridgehead atoms. The molecule has 0 unspecified atom stereocenters. The van der Waals surface area contributed by atoms with Crippen molar-refractivity contribution in [3.05, 3.63) is 58.1 Å². The molecule has 0 spiro atoms. The molecule has 0 heterocycles. The molecule has 0 aliphatic heterocycles. The summed E-state index contributed by atoms with van der Waals surface area (Å²) in [6, 6.07) is 12.2. The van der Waals surface area contributed by atoms with Gasteiger partial charge in [-0.3, -0.25) is 9.59 Å². The summed E-state index contributed by atoms with van der Waals surface area (Å²) in [6.45, 7) is 1.54. The van der Waals surface area contributed by atoms with Crippen molar-refractivity contribution < 1.29 is 14.3 Å². The third-order valence-electron chi connectivity index (χ3n) is 5.12. The van der Waals surface area contributed by atoms with E-state index in [2.05, 4.69) is 15.8 Å². The van der Waals surface area contributed by atoms with Crippen molar-refractivity contribution in [1.29, 1.82) is 0 Å². The van der Waals surface area contributed by atoms with Gasteiger partial charge in [-0.25, -0.2) is 5.43 Å². The molecular formula is C23H25Cl2N3O3. The van der Waals surface area contributed by atoms with Crippen molar-refractivity contribution in [2.75, 3.05) is 11.9 Å². The Hall–Kier alpha value is -2.57. The number of hydrogen-bond donors (Lipinski definition) is 2. The Morgan fingerprint density at radius 1 is 1.10 bits per heavy atom. The monoisotopic (exact) mass is 461 g/mol. The normalized spacial score (nSPS) is 14.7. The van der Waals surface area contributed by atoms with Gasteiger partial charge in [0.25, 0.3) is 5.91 Å². The predicted molar refractivity (Wildman–Crippen MR) is 124 cm³/mol. The molecule has 2 aromatic rings. The van der Waals surface area contributed by atoms with Gasteiger partial charge in [-0.05, 0) is 55.7 Å². The van der Waals surface area contributed by atoms with E-state index >= 15 is 0 Å². The molecule has 3 rings (SSSR count). The Morgan fingerprint density at radius 3 is 2.61 bits per heavy atom. The van der Waals surface area contributed by atoms with Crippen LogP contribution in [0.2, 0.25) is 10.0 Å². The largest absolute Gasteiger partial charge is 0.482 e. The van der Waals surface area contributed by atoms with E-state index in [1.165, 1.54) is 6.42 Å². The van der Waals surface area contributed by atoms with E-state index < -0.39 is 5.91 Å². The summed E-state index contributed by atoms with van der Waals surface area (Å²) in [7, 11) is 0. The quantitative estimate of drug-likeness (QED) is 0.425. The van der Waals surface area contributed by atoms with Gasteiger partial charge >= 0.3 is 0 Å². The lowest BCUT2D eigenvalue weighted by atomic mass is 9.88. The average molecular weight is 462 g/mol. The number of amides is 2. The fourth-order valence-electron chi connectivity index (χ4n) is 3.41. The first-order valence-corrected chi connectivity index (χ1v) is 11.0. The third-order valence-corrected chi connectivity index (χ3v) is 5.66. The second kappa shape index (κ2) is 11.2. The highest BCUT2D eigenvalue weighted by Crippen LogP contribution is 2.27. The van der Waals surface area contributed by atoms with Crippen LogP contribution in [0.4, 0.5) is 5.69 Å². The lowest BCUT2D eigenvalue weighted by Gasteiger charge is -2.20. The van der Waals surface area contributed by atoms with Crippen molar-refractivity contribution in [3.63, 3.8) is 0 Å². The summed E-state index contributed by atoms with van der Waals surface area (Å²) in [4.78, 5) is 24.5. The number of ether oxygens (including phenoxy) is 1. The molecular weight excluding hydrogens is 437 g/mol. The van der Waals surface area contributed by atoms with Gasteiger partial charge in [-0.1, -0.05) is 54.6 Å². The summed E-state index contributed by atoms with van der Waals surface area (Å²) < 4.78 is 5.39. The van der Waals surface area contributed by atoms with Crippen LogP contribution in [0.1, 0.15) is 44.6 Å². The standard InChI is InChI=1S/C23H25Cl2N3O3/c1-15(27-28-22(29)14-31-21-11-10-18(24)13-20(21)25)17-8-5-9-19(12-17)26-23(30)16-6-3-2-4-7-16/h5,8-13,16H,2-4,6-7,14H2,1H3,(H,26,30)(H,28,29). The molecule has 8 heteroatoms. The number of nitrogens with one attached hydrogen (secondary N) is 2. The second-order valence-electron chi connectivity index (χ2n) is 7.50. The van der Waals surface area contributed by atoms with Gasteiger partial charge in [-0.15, -0.1) is 0 Å². The highest BCUT2D eigenvalue weighted by atomic mass is 35.5. The zero-order valence-electron chi connectivity index (χ0n) is 17.3. The van der Waals surface area contributed by atoms with Gasteiger partial charge in [0.15, 0.2) is 6.61 Å². The van der Waals surface area contributed by atoms with E-state index in [1.807, 2.05) is 24.3 Å². The van der Waals surface area contributed by atoms with Crippen molar-refractivity contribution in [1.82, 2.24) is 5.43 Å². The topological polar surface area (TPSA) is 79.8 Å². The molecule has 1 aliphatic rings. The van der Waals surface area contributed by atoms with E-state index in [9.17, 15) is 9.59 Å². The third kappa shape index (κ3) is 6.97. The van der Waals surface area contributed by atoms with Crippen LogP contribution in [0, 0.1) is 5.92 Å². The lowest BCUT2D eigenvalue weighted by molar-refractivity contribution is -0.123. The molecule has 0 radical (unpaired) electrons. The maximum Gasteiger partial charge on any atom is 0.277 e. The van der Waals surface area contributed by atoms with Gasteiger partial charge in [0.1, 0.15) is 5.75 Å². The minimum Gasteiger partial charge on any atom is -0.482 e. The minimum atomic E-state index is -0.424. The molecule has 0 aromatic heterocycles. The summed E-state index contributed by atoms with van der Waals surface area (Å²) >= 11 is 11.9. The van der Waals surface area contributed by atoms with Gasteiger partial charge in [0, 0.05) is 16.6 Å². The van der Waals surface area contributed by atoms with E-state index in [1.54, 1.807) is 25.1 Å². The number of carbonyl (C=O) groups excluding carboxylic acids is 2. The first-order chi connectivity index (χ1) is 14.9. The Balaban J connectivity index is 1.53. The molecule has 6 nitrogen and oxygen atoms in total. The fourth-order valence-corrected chi connectivity index (χ4v) is 3.87. The van der Waals surface area contributed by atoms with Crippen LogP contribution in [0.25, 0.3) is 0 Å². The Kier molecular flexibility index (Phi) is 8.32. The SMILES string of the molecule is CC(=NNC(=O)COc1ccc(Cl)cc1Cl)c1cccc(NC(=O)C2CCCCC2)c1. The summed E-state index contributed by atoms with van der Waals surface area (Å²) in [5.74, 6) is 0.0915. The van der Waals surface area contributed by atoms with Gasteiger partial charge < -0.3 is 10.1 Å². The van der Waals surface area contributed by atoms with Crippen molar-refractivity contribution in [3.8, 4) is 5.75 Å². The van der Waals surface area contributed by atoms with Crippen molar-refractivity contribution >= 4 is 46.4 Å². The Labute approximate surface area is 192 Å². The van der Waals surface area contributed by atoms with Crippen LogP contribution in [0.3, 0.4) is 0 Å². The lowest BCUT2D eigenvalue weighted by Crippen LogP contribution is -2.26. The number of hydrazone groups is 1. The van der Waals surface area contributed by atoms with Gasteiger partial charge in [0.2, 0.25) is 5.91 Å².